The molecule has 0 saturated heterocycles. The van der Waals surface area contributed by atoms with E-state index in [0.717, 1.165) is 28.4 Å². The summed E-state index contributed by atoms with van der Waals surface area (Å²) >= 11 is 9.54. The maximum Gasteiger partial charge on any atom is 0.261 e. The average Bonchev–Trinajstić information content (AvgIpc) is 2.72. The number of benzene rings is 2. The van der Waals surface area contributed by atoms with E-state index in [9.17, 15) is 9.59 Å². The molecule has 2 aromatic carbocycles. The lowest BCUT2D eigenvalue weighted by Gasteiger charge is -2.29. The van der Waals surface area contributed by atoms with Gasteiger partial charge < -0.3 is 15.0 Å². The topological polar surface area (TPSA) is 58.6 Å². The van der Waals surface area contributed by atoms with Crippen molar-refractivity contribution in [2.24, 2.45) is 0 Å². The Morgan fingerprint density at radius 1 is 1.23 bits per heavy atom. The molecule has 5 nitrogen and oxygen atoms in total. The van der Waals surface area contributed by atoms with Crippen molar-refractivity contribution in [3.8, 4) is 5.75 Å². The molecule has 2 rings (SSSR count). The van der Waals surface area contributed by atoms with Crippen LogP contribution in [0, 0.1) is 6.92 Å². The summed E-state index contributed by atoms with van der Waals surface area (Å²) in [5.74, 6) is 0.152. The van der Waals surface area contributed by atoms with E-state index in [2.05, 4.69) is 28.2 Å². The lowest BCUT2D eigenvalue weighted by Crippen LogP contribution is -2.49. The minimum Gasteiger partial charge on any atom is -0.484 e. The molecule has 0 saturated carbocycles. The summed E-state index contributed by atoms with van der Waals surface area (Å²) in [5, 5.41) is 3.48. The third-order valence-corrected chi connectivity index (χ3v) is 5.86. The summed E-state index contributed by atoms with van der Waals surface area (Å²) in [4.78, 5) is 27.1. The molecule has 0 aliphatic carbocycles. The minimum atomic E-state index is -0.636. The Hall–Kier alpha value is -2.05. The number of carbonyl (C=O) groups is 2. The number of nitrogens with one attached hydrogen (secondary N) is 1. The SMILES string of the molecule is CCCCNC(=O)[C@H](C)N(Cc1cccc(Cl)c1)C(=O)COc1ccc(Br)c(C)c1. The van der Waals surface area contributed by atoms with E-state index >= 15 is 0 Å². The normalized spacial score (nSPS) is 11.6. The van der Waals surface area contributed by atoms with Crippen LogP contribution in [-0.2, 0) is 16.1 Å². The van der Waals surface area contributed by atoms with E-state index in [1.165, 1.54) is 4.90 Å². The summed E-state index contributed by atoms with van der Waals surface area (Å²) in [6.45, 7) is 6.44. The van der Waals surface area contributed by atoms with Crippen LogP contribution in [0.5, 0.6) is 5.75 Å². The molecule has 0 unspecified atom stereocenters. The lowest BCUT2D eigenvalue weighted by atomic mass is 10.1. The lowest BCUT2D eigenvalue weighted by molar-refractivity contribution is -0.142. The highest BCUT2D eigenvalue weighted by Crippen LogP contribution is 2.22. The second kappa shape index (κ2) is 12.0. The number of unbranched alkanes of at least 4 members (excludes halogenated alkanes) is 1. The summed E-state index contributed by atoms with van der Waals surface area (Å²) in [7, 11) is 0. The van der Waals surface area contributed by atoms with Crippen molar-refractivity contribution < 1.29 is 14.3 Å². The first-order valence-electron chi connectivity index (χ1n) is 10.0. The van der Waals surface area contributed by atoms with Gasteiger partial charge >= 0.3 is 0 Å². The molecule has 0 radical (unpaired) electrons. The molecule has 0 aliphatic heterocycles. The molecular weight excluding hydrogens is 468 g/mol. The first kappa shape index (κ1) is 24.2. The van der Waals surface area contributed by atoms with Gasteiger partial charge in [-0.3, -0.25) is 9.59 Å². The summed E-state index contributed by atoms with van der Waals surface area (Å²) in [5.41, 5.74) is 1.86. The maximum atomic E-state index is 13.0. The molecule has 0 aromatic heterocycles. The largest absolute Gasteiger partial charge is 0.484 e. The van der Waals surface area contributed by atoms with Gasteiger partial charge in [-0.1, -0.05) is 53.0 Å². The fraction of sp³-hybridized carbons (Fsp3) is 0.391. The summed E-state index contributed by atoms with van der Waals surface area (Å²) in [6, 6.07) is 12.2. The molecule has 1 N–H and O–H groups in total. The fourth-order valence-corrected chi connectivity index (χ4v) is 3.35. The van der Waals surface area contributed by atoms with Gasteiger partial charge in [-0.15, -0.1) is 0 Å². The van der Waals surface area contributed by atoms with Gasteiger partial charge in [0.25, 0.3) is 5.91 Å². The smallest absolute Gasteiger partial charge is 0.261 e. The third-order valence-electron chi connectivity index (χ3n) is 4.73. The quantitative estimate of drug-likeness (QED) is 0.465. The predicted molar refractivity (Wildman–Crippen MR) is 124 cm³/mol. The molecule has 7 heteroatoms. The molecule has 0 fully saturated rings. The number of halogens is 2. The van der Waals surface area contributed by atoms with Crippen LogP contribution in [0.4, 0.5) is 0 Å². The van der Waals surface area contributed by atoms with Crippen LogP contribution < -0.4 is 10.1 Å². The third kappa shape index (κ3) is 7.33. The number of carbonyl (C=O) groups excluding carboxylic acids is 2. The average molecular weight is 496 g/mol. The van der Waals surface area contributed by atoms with E-state index in [-0.39, 0.29) is 25.0 Å². The highest BCUT2D eigenvalue weighted by atomic mass is 79.9. The van der Waals surface area contributed by atoms with Gasteiger partial charge in [-0.25, -0.2) is 0 Å². The van der Waals surface area contributed by atoms with E-state index < -0.39 is 6.04 Å². The molecule has 30 heavy (non-hydrogen) atoms. The first-order chi connectivity index (χ1) is 14.3. The number of hydrogen-bond acceptors (Lipinski definition) is 3. The standard InChI is InChI=1S/C23H28BrClN2O3/c1-4-5-11-26-23(29)17(3)27(14-18-7-6-8-19(25)13-18)22(28)15-30-20-9-10-21(24)16(2)12-20/h6-10,12-13,17H,4-5,11,14-15H2,1-3H3,(H,26,29)/t17-/m0/s1. The number of amides is 2. The zero-order valence-electron chi connectivity index (χ0n) is 17.6. The number of nitrogens with zero attached hydrogens (tertiary/aromatic N) is 1. The van der Waals surface area contributed by atoms with Crippen molar-refractivity contribution in [3.63, 3.8) is 0 Å². The second-order valence-corrected chi connectivity index (χ2v) is 8.46. The molecule has 0 aliphatic rings. The molecule has 162 valence electrons. The monoisotopic (exact) mass is 494 g/mol. The Morgan fingerprint density at radius 3 is 2.67 bits per heavy atom. The van der Waals surface area contributed by atoms with Gasteiger partial charge in [0, 0.05) is 22.6 Å². The van der Waals surface area contributed by atoms with E-state index in [4.69, 9.17) is 16.3 Å². The predicted octanol–water partition coefficient (Wildman–Crippen LogP) is 5.12. The Bertz CT molecular complexity index is 875. The number of ether oxygens (including phenoxy) is 1. The van der Waals surface area contributed by atoms with Crippen LogP contribution in [0.3, 0.4) is 0 Å². The summed E-state index contributed by atoms with van der Waals surface area (Å²) in [6.07, 6.45) is 1.88. The van der Waals surface area contributed by atoms with Gasteiger partial charge in [0.2, 0.25) is 5.91 Å². The molecule has 0 bridgehead atoms. The Labute approximate surface area is 191 Å². The van der Waals surface area contributed by atoms with Crippen molar-refractivity contribution in [3.05, 3.63) is 63.1 Å². The van der Waals surface area contributed by atoms with Crippen LogP contribution >= 0.6 is 27.5 Å². The number of rotatable bonds is 10. The summed E-state index contributed by atoms with van der Waals surface area (Å²) < 4.78 is 6.68. The van der Waals surface area contributed by atoms with Crippen molar-refractivity contribution in [1.82, 2.24) is 10.2 Å². The van der Waals surface area contributed by atoms with Crippen LogP contribution in [0.2, 0.25) is 5.02 Å². The number of hydrogen-bond donors (Lipinski definition) is 1. The van der Waals surface area contributed by atoms with Gasteiger partial charge in [-0.05, 0) is 61.7 Å². The fourth-order valence-electron chi connectivity index (χ4n) is 2.89. The van der Waals surface area contributed by atoms with Crippen molar-refractivity contribution >= 4 is 39.3 Å². The van der Waals surface area contributed by atoms with Crippen LogP contribution in [0.25, 0.3) is 0 Å². The molecule has 0 spiro atoms. The second-order valence-electron chi connectivity index (χ2n) is 7.17. The van der Waals surface area contributed by atoms with Gasteiger partial charge in [0.1, 0.15) is 11.8 Å². The van der Waals surface area contributed by atoms with Crippen molar-refractivity contribution in [2.75, 3.05) is 13.2 Å². The zero-order chi connectivity index (χ0) is 22.1. The van der Waals surface area contributed by atoms with Crippen LogP contribution in [0.1, 0.15) is 37.8 Å². The van der Waals surface area contributed by atoms with Gasteiger partial charge in [0.05, 0.1) is 0 Å². The van der Waals surface area contributed by atoms with E-state index in [0.29, 0.717) is 17.3 Å². The Morgan fingerprint density at radius 2 is 2.00 bits per heavy atom. The minimum absolute atomic E-state index is 0.159. The van der Waals surface area contributed by atoms with Crippen molar-refractivity contribution in [1.29, 1.82) is 0 Å². The van der Waals surface area contributed by atoms with Crippen molar-refractivity contribution in [2.45, 2.75) is 46.2 Å². The maximum absolute atomic E-state index is 13.0. The van der Waals surface area contributed by atoms with Gasteiger partial charge in [0.15, 0.2) is 6.61 Å². The molecule has 2 aromatic rings. The Kier molecular flexibility index (Phi) is 9.66. The van der Waals surface area contributed by atoms with Gasteiger partial charge in [-0.2, -0.15) is 0 Å². The van der Waals surface area contributed by atoms with Crippen LogP contribution in [-0.4, -0.2) is 35.9 Å². The van der Waals surface area contributed by atoms with Crippen LogP contribution in [0.15, 0.2) is 46.9 Å². The first-order valence-corrected chi connectivity index (χ1v) is 11.2. The van der Waals surface area contributed by atoms with E-state index in [1.54, 1.807) is 25.1 Å². The molecule has 1 atom stereocenters. The number of aryl methyl sites for hydroxylation is 1. The highest BCUT2D eigenvalue weighted by molar-refractivity contribution is 9.10. The van der Waals surface area contributed by atoms with E-state index in [1.807, 2.05) is 31.2 Å². The molecule has 2 amide bonds. The molecular formula is C23H28BrClN2O3. The zero-order valence-corrected chi connectivity index (χ0v) is 19.9. The Balaban J connectivity index is 2.12. The highest BCUT2D eigenvalue weighted by Gasteiger charge is 2.26. The molecule has 0 heterocycles.